The second kappa shape index (κ2) is 8.92. The second-order valence-electron chi connectivity index (χ2n) is 8.90. The van der Waals surface area contributed by atoms with Crippen molar-refractivity contribution in [1.82, 2.24) is 0 Å². The van der Waals surface area contributed by atoms with Gasteiger partial charge >= 0.3 is 0 Å². The Morgan fingerprint density at radius 3 is 1.84 bits per heavy atom. The number of hydrogen-bond acceptors (Lipinski definition) is 2. The molecule has 2 heteroatoms. The van der Waals surface area contributed by atoms with Crippen LogP contribution in [0.4, 0.5) is 0 Å². The lowest BCUT2D eigenvalue weighted by Gasteiger charge is -2.13. The van der Waals surface area contributed by atoms with E-state index in [4.69, 9.17) is 0 Å². The standard InChI is InChI=1S/C30H28O2/c1-19(2)29(31)24-16-17-27-23(18-24)8-7-11-25(27)21-12-14-22(15-13-21)26-9-5-6-10-28(26)30(32)20(3)4/h5-20H,1-4H3. The van der Waals surface area contributed by atoms with E-state index in [1.54, 1.807) is 0 Å². The maximum absolute atomic E-state index is 12.7. The van der Waals surface area contributed by atoms with Crippen molar-refractivity contribution in [2.24, 2.45) is 11.8 Å². The first-order chi connectivity index (χ1) is 15.4. The van der Waals surface area contributed by atoms with Gasteiger partial charge in [-0.05, 0) is 39.1 Å². The van der Waals surface area contributed by atoms with Crippen molar-refractivity contribution < 1.29 is 9.59 Å². The largest absolute Gasteiger partial charge is 0.294 e. The van der Waals surface area contributed by atoms with E-state index in [0.717, 1.165) is 44.2 Å². The van der Waals surface area contributed by atoms with Crippen LogP contribution in [0.2, 0.25) is 0 Å². The Hall–Kier alpha value is -3.52. The fourth-order valence-electron chi connectivity index (χ4n) is 4.11. The van der Waals surface area contributed by atoms with Crippen molar-refractivity contribution in [2.75, 3.05) is 0 Å². The van der Waals surface area contributed by atoms with Crippen molar-refractivity contribution in [2.45, 2.75) is 27.7 Å². The summed E-state index contributed by atoms with van der Waals surface area (Å²) in [6, 6.07) is 28.3. The summed E-state index contributed by atoms with van der Waals surface area (Å²) < 4.78 is 0. The molecular weight excluding hydrogens is 392 g/mol. The van der Waals surface area contributed by atoms with Gasteiger partial charge in [-0.2, -0.15) is 0 Å². The molecule has 0 aliphatic carbocycles. The molecule has 4 aromatic rings. The lowest BCUT2D eigenvalue weighted by molar-refractivity contribution is 0.0932. The maximum atomic E-state index is 12.7. The summed E-state index contributed by atoms with van der Waals surface area (Å²) in [5.41, 5.74) is 5.75. The van der Waals surface area contributed by atoms with Gasteiger partial charge in [0.1, 0.15) is 0 Å². The molecule has 0 aromatic heterocycles. The molecule has 0 radical (unpaired) electrons. The minimum absolute atomic E-state index is 0.0198. The number of carbonyl (C=O) groups is 2. The second-order valence-corrected chi connectivity index (χ2v) is 8.90. The number of benzene rings is 4. The van der Waals surface area contributed by atoms with Crippen LogP contribution in [-0.4, -0.2) is 11.6 Å². The van der Waals surface area contributed by atoms with Gasteiger partial charge in [0, 0.05) is 23.0 Å². The van der Waals surface area contributed by atoms with Crippen LogP contribution in [-0.2, 0) is 0 Å². The molecule has 0 atom stereocenters. The summed E-state index contributed by atoms with van der Waals surface area (Å²) in [5, 5.41) is 2.18. The SMILES string of the molecule is CC(C)C(=O)c1ccc2c(-c3ccc(-c4ccccc4C(=O)C(C)C)cc3)cccc2c1. The average Bonchev–Trinajstić information content (AvgIpc) is 2.82. The van der Waals surface area contributed by atoms with Crippen LogP contribution >= 0.6 is 0 Å². The predicted octanol–water partition coefficient (Wildman–Crippen LogP) is 7.85. The number of hydrogen-bond donors (Lipinski definition) is 0. The van der Waals surface area contributed by atoms with Crippen molar-refractivity contribution in [3.05, 3.63) is 96.1 Å². The van der Waals surface area contributed by atoms with Gasteiger partial charge in [0.25, 0.3) is 0 Å². The highest BCUT2D eigenvalue weighted by molar-refractivity contribution is 6.05. The van der Waals surface area contributed by atoms with E-state index in [9.17, 15) is 9.59 Å². The molecule has 0 spiro atoms. The summed E-state index contributed by atoms with van der Waals surface area (Å²) in [5.74, 6) is 0.258. The number of ketones is 2. The summed E-state index contributed by atoms with van der Waals surface area (Å²) in [6.07, 6.45) is 0. The number of fused-ring (bicyclic) bond motifs is 1. The number of carbonyl (C=O) groups excluding carboxylic acids is 2. The van der Waals surface area contributed by atoms with E-state index >= 15 is 0 Å². The molecule has 4 rings (SSSR count). The topological polar surface area (TPSA) is 34.1 Å². The van der Waals surface area contributed by atoms with Crippen LogP contribution in [0.3, 0.4) is 0 Å². The summed E-state index contributed by atoms with van der Waals surface area (Å²) in [7, 11) is 0. The molecule has 0 saturated carbocycles. The monoisotopic (exact) mass is 420 g/mol. The van der Waals surface area contributed by atoms with Crippen molar-refractivity contribution in [3.8, 4) is 22.3 Å². The zero-order valence-corrected chi connectivity index (χ0v) is 19.1. The number of rotatable bonds is 6. The first kappa shape index (κ1) is 21.7. The van der Waals surface area contributed by atoms with Gasteiger partial charge in [0.05, 0.1) is 0 Å². The molecule has 0 aliphatic heterocycles. The Labute approximate surface area is 189 Å². The van der Waals surface area contributed by atoms with Gasteiger partial charge in [-0.3, -0.25) is 9.59 Å². The van der Waals surface area contributed by atoms with Crippen LogP contribution in [0.5, 0.6) is 0 Å². The van der Waals surface area contributed by atoms with Gasteiger partial charge in [-0.15, -0.1) is 0 Å². The summed E-state index contributed by atoms with van der Waals surface area (Å²) >= 11 is 0. The van der Waals surface area contributed by atoms with Crippen LogP contribution in [0, 0.1) is 11.8 Å². The fourth-order valence-corrected chi connectivity index (χ4v) is 4.11. The number of Topliss-reactive ketones (excluding diaryl/α,β-unsaturated/α-hetero) is 2. The van der Waals surface area contributed by atoms with Crippen LogP contribution < -0.4 is 0 Å². The fraction of sp³-hybridized carbons (Fsp3) is 0.200. The molecule has 0 aliphatic rings. The van der Waals surface area contributed by atoms with E-state index in [1.807, 2.05) is 76.2 Å². The highest BCUT2D eigenvalue weighted by Gasteiger charge is 2.16. The highest BCUT2D eigenvalue weighted by atomic mass is 16.1. The first-order valence-corrected chi connectivity index (χ1v) is 11.2. The van der Waals surface area contributed by atoms with Gasteiger partial charge in [0.2, 0.25) is 0 Å². The van der Waals surface area contributed by atoms with Crippen molar-refractivity contribution in [1.29, 1.82) is 0 Å². The van der Waals surface area contributed by atoms with Crippen LogP contribution in [0.1, 0.15) is 48.4 Å². The lowest BCUT2D eigenvalue weighted by atomic mass is 9.91. The van der Waals surface area contributed by atoms with Crippen LogP contribution in [0.15, 0.2) is 84.9 Å². The quantitative estimate of drug-likeness (QED) is 0.298. The zero-order chi connectivity index (χ0) is 22.8. The molecule has 0 saturated heterocycles. The van der Waals surface area contributed by atoms with E-state index in [1.165, 1.54) is 0 Å². The van der Waals surface area contributed by atoms with Crippen LogP contribution in [0.25, 0.3) is 33.0 Å². The van der Waals surface area contributed by atoms with Gasteiger partial charge < -0.3 is 0 Å². The smallest absolute Gasteiger partial charge is 0.166 e. The molecule has 0 heterocycles. The van der Waals surface area contributed by atoms with Crippen molar-refractivity contribution in [3.63, 3.8) is 0 Å². The molecule has 0 N–H and O–H groups in total. The van der Waals surface area contributed by atoms with Crippen molar-refractivity contribution >= 4 is 22.3 Å². The third-order valence-electron chi connectivity index (χ3n) is 5.91. The molecule has 2 nitrogen and oxygen atoms in total. The molecular formula is C30H28O2. The molecule has 32 heavy (non-hydrogen) atoms. The Morgan fingerprint density at radius 2 is 1.19 bits per heavy atom. The molecule has 4 aromatic carbocycles. The normalized spacial score (nSPS) is 11.3. The van der Waals surface area contributed by atoms with Gasteiger partial charge in [-0.1, -0.05) is 107 Å². The predicted molar refractivity (Wildman–Crippen MR) is 133 cm³/mol. The molecule has 0 bridgehead atoms. The van der Waals surface area contributed by atoms with E-state index in [-0.39, 0.29) is 23.4 Å². The van der Waals surface area contributed by atoms with Gasteiger partial charge in [0.15, 0.2) is 11.6 Å². The van der Waals surface area contributed by atoms with E-state index < -0.39 is 0 Å². The third-order valence-corrected chi connectivity index (χ3v) is 5.91. The summed E-state index contributed by atoms with van der Waals surface area (Å²) in [4.78, 5) is 25.1. The molecule has 160 valence electrons. The maximum Gasteiger partial charge on any atom is 0.166 e. The van der Waals surface area contributed by atoms with Gasteiger partial charge in [-0.25, -0.2) is 0 Å². The van der Waals surface area contributed by atoms with E-state index in [2.05, 4.69) is 36.4 Å². The molecule has 0 unspecified atom stereocenters. The Balaban J connectivity index is 1.73. The summed E-state index contributed by atoms with van der Waals surface area (Å²) in [6.45, 7) is 7.72. The average molecular weight is 421 g/mol. The zero-order valence-electron chi connectivity index (χ0n) is 19.1. The Kier molecular flexibility index (Phi) is 6.05. The lowest BCUT2D eigenvalue weighted by Crippen LogP contribution is -2.08. The molecule has 0 amide bonds. The Bertz CT molecular complexity index is 1290. The van der Waals surface area contributed by atoms with E-state index in [0.29, 0.717) is 0 Å². The first-order valence-electron chi connectivity index (χ1n) is 11.2. The third kappa shape index (κ3) is 4.13. The molecule has 0 fully saturated rings. The Morgan fingerprint density at radius 1 is 0.594 bits per heavy atom. The highest BCUT2D eigenvalue weighted by Crippen LogP contribution is 2.32. The minimum atomic E-state index is -0.0430. The minimum Gasteiger partial charge on any atom is -0.294 e.